The second-order valence-corrected chi connectivity index (χ2v) is 10.7. The molecule has 1 atom stereocenters. The van der Waals surface area contributed by atoms with Crippen molar-refractivity contribution in [3.8, 4) is 0 Å². The Kier molecular flexibility index (Phi) is 9.04. The Bertz CT molecular complexity index is 1330. The summed E-state index contributed by atoms with van der Waals surface area (Å²) in [5.74, 6) is -1.45. The number of halogens is 1. The molecule has 9 heteroatoms. The van der Waals surface area contributed by atoms with E-state index in [-0.39, 0.29) is 23.0 Å². The van der Waals surface area contributed by atoms with Crippen LogP contribution in [0, 0.1) is 19.7 Å². The highest BCUT2D eigenvalue weighted by atomic mass is 32.2. The maximum Gasteiger partial charge on any atom is 0.264 e. The molecule has 0 aromatic heterocycles. The molecule has 0 bridgehead atoms. The Morgan fingerprint density at radius 1 is 0.892 bits per heavy atom. The lowest BCUT2D eigenvalue weighted by Crippen LogP contribution is -2.51. The van der Waals surface area contributed by atoms with Crippen LogP contribution in [0.3, 0.4) is 0 Å². The summed E-state index contributed by atoms with van der Waals surface area (Å²) >= 11 is 0. The fourth-order valence-corrected chi connectivity index (χ4v) is 5.18. The van der Waals surface area contributed by atoms with Gasteiger partial charge in [0, 0.05) is 13.1 Å². The summed E-state index contributed by atoms with van der Waals surface area (Å²) < 4.78 is 41.9. The first-order chi connectivity index (χ1) is 17.5. The molecule has 2 amide bonds. The quantitative estimate of drug-likeness (QED) is 0.430. The van der Waals surface area contributed by atoms with Gasteiger partial charge in [-0.3, -0.25) is 13.9 Å². The molecule has 0 radical (unpaired) electrons. The SMILES string of the molecule is CCNC(=O)[C@H](C)N(Cc1ccc(C)cc1)C(=O)CN(c1ccc(F)cc1)S(=O)(=O)c1ccc(C)cc1. The molecular weight excluding hydrogens is 493 g/mol. The van der Waals surface area contributed by atoms with Gasteiger partial charge < -0.3 is 10.2 Å². The van der Waals surface area contributed by atoms with Crippen LogP contribution in [0.4, 0.5) is 10.1 Å². The molecule has 7 nitrogen and oxygen atoms in total. The van der Waals surface area contributed by atoms with E-state index in [9.17, 15) is 22.4 Å². The molecule has 0 fully saturated rings. The lowest BCUT2D eigenvalue weighted by atomic mass is 10.1. The summed E-state index contributed by atoms with van der Waals surface area (Å²) in [5.41, 5.74) is 2.86. The number of amides is 2. The predicted molar refractivity (Wildman–Crippen MR) is 142 cm³/mol. The highest BCUT2D eigenvalue weighted by Gasteiger charge is 2.32. The third-order valence-corrected chi connectivity index (χ3v) is 7.78. The van der Waals surface area contributed by atoms with Gasteiger partial charge in [-0.1, -0.05) is 47.5 Å². The Morgan fingerprint density at radius 2 is 1.43 bits per heavy atom. The van der Waals surface area contributed by atoms with Gasteiger partial charge in [-0.15, -0.1) is 0 Å². The van der Waals surface area contributed by atoms with Gasteiger partial charge in [0.05, 0.1) is 10.6 Å². The number of rotatable bonds is 10. The van der Waals surface area contributed by atoms with Gasteiger partial charge in [0.1, 0.15) is 18.4 Å². The van der Waals surface area contributed by atoms with E-state index in [1.807, 2.05) is 38.1 Å². The molecule has 3 rings (SSSR count). The van der Waals surface area contributed by atoms with Crippen LogP contribution in [0.2, 0.25) is 0 Å². The molecule has 0 aliphatic heterocycles. The fraction of sp³-hybridized carbons (Fsp3) is 0.286. The van der Waals surface area contributed by atoms with Crippen molar-refractivity contribution in [1.29, 1.82) is 0 Å². The molecule has 1 N–H and O–H groups in total. The molecule has 0 spiro atoms. The van der Waals surface area contributed by atoms with Crippen molar-refractivity contribution in [3.63, 3.8) is 0 Å². The smallest absolute Gasteiger partial charge is 0.264 e. The van der Waals surface area contributed by atoms with Gasteiger partial charge in [-0.2, -0.15) is 0 Å². The summed E-state index contributed by atoms with van der Waals surface area (Å²) in [4.78, 5) is 27.8. The molecule has 37 heavy (non-hydrogen) atoms. The van der Waals surface area contributed by atoms with Crippen molar-refractivity contribution in [2.75, 3.05) is 17.4 Å². The summed E-state index contributed by atoms with van der Waals surface area (Å²) in [6.07, 6.45) is 0. The van der Waals surface area contributed by atoms with Crippen LogP contribution in [0.15, 0.2) is 77.7 Å². The van der Waals surface area contributed by atoms with Crippen molar-refractivity contribution < 1.29 is 22.4 Å². The molecule has 196 valence electrons. The van der Waals surface area contributed by atoms with Crippen LogP contribution in [-0.2, 0) is 26.2 Å². The average molecular weight is 526 g/mol. The van der Waals surface area contributed by atoms with Crippen molar-refractivity contribution in [3.05, 3.63) is 95.3 Å². The molecule has 0 heterocycles. The largest absolute Gasteiger partial charge is 0.355 e. The Morgan fingerprint density at radius 3 is 1.97 bits per heavy atom. The van der Waals surface area contributed by atoms with Gasteiger partial charge in [-0.05, 0) is 69.7 Å². The van der Waals surface area contributed by atoms with Crippen molar-refractivity contribution in [2.45, 2.75) is 45.2 Å². The number of hydrogen-bond acceptors (Lipinski definition) is 4. The number of aryl methyl sites for hydroxylation is 2. The topological polar surface area (TPSA) is 86.8 Å². The van der Waals surface area contributed by atoms with Gasteiger partial charge in [-0.25, -0.2) is 12.8 Å². The van der Waals surface area contributed by atoms with E-state index in [0.29, 0.717) is 6.54 Å². The number of likely N-dealkylation sites (N-methyl/N-ethyl adjacent to an activating group) is 1. The summed E-state index contributed by atoms with van der Waals surface area (Å²) in [6.45, 7) is 7.09. The average Bonchev–Trinajstić information content (AvgIpc) is 2.87. The summed E-state index contributed by atoms with van der Waals surface area (Å²) in [5, 5.41) is 2.72. The lowest BCUT2D eigenvalue weighted by Gasteiger charge is -2.32. The van der Waals surface area contributed by atoms with Crippen molar-refractivity contribution >= 4 is 27.5 Å². The third kappa shape index (κ3) is 6.95. The molecule has 0 saturated carbocycles. The maximum absolute atomic E-state index is 13.7. The number of benzene rings is 3. The van der Waals surface area contributed by atoms with E-state index in [1.54, 1.807) is 26.0 Å². The van der Waals surface area contributed by atoms with E-state index in [2.05, 4.69) is 5.32 Å². The van der Waals surface area contributed by atoms with Crippen LogP contribution < -0.4 is 9.62 Å². The lowest BCUT2D eigenvalue weighted by molar-refractivity contribution is -0.139. The number of carbonyl (C=O) groups excluding carboxylic acids is 2. The molecular formula is C28H32FN3O4S. The van der Waals surface area contributed by atoms with Crippen molar-refractivity contribution in [2.24, 2.45) is 0 Å². The number of sulfonamides is 1. The van der Waals surface area contributed by atoms with Gasteiger partial charge >= 0.3 is 0 Å². The molecule has 3 aromatic rings. The minimum atomic E-state index is -4.18. The number of hydrogen-bond donors (Lipinski definition) is 1. The number of nitrogens with zero attached hydrogens (tertiary/aromatic N) is 2. The van der Waals surface area contributed by atoms with Gasteiger partial charge in [0.2, 0.25) is 11.8 Å². The van der Waals surface area contributed by atoms with Crippen LogP contribution in [-0.4, -0.2) is 44.3 Å². The first-order valence-electron chi connectivity index (χ1n) is 12.0. The van der Waals surface area contributed by atoms with Gasteiger partial charge in [0.25, 0.3) is 10.0 Å². The maximum atomic E-state index is 13.7. The Hall–Kier alpha value is -3.72. The zero-order valence-electron chi connectivity index (χ0n) is 21.4. The molecule has 0 unspecified atom stereocenters. The monoisotopic (exact) mass is 525 g/mol. The second kappa shape index (κ2) is 12.0. The standard InChI is InChI=1S/C28H32FN3O4S/c1-5-30-28(34)22(4)31(18-23-10-6-20(2)7-11-23)27(33)19-32(25-14-12-24(29)13-15-25)37(35,36)26-16-8-21(3)9-17-26/h6-17,22H,5,18-19H2,1-4H3,(H,30,34)/t22-/m0/s1. The summed E-state index contributed by atoms with van der Waals surface area (Å²) in [6, 6.07) is 17.8. The fourth-order valence-electron chi connectivity index (χ4n) is 3.77. The predicted octanol–water partition coefficient (Wildman–Crippen LogP) is 4.19. The number of anilines is 1. The minimum Gasteiger partial charge on any atom is -0.355 e. The van der Waals surface area contributed by atoms with Crippen LogP contribution in [0.5, 0.6) is 0 Å². The van der Waals surface area contributed by atoms with Crippen molar-refractivity contribution in [1.82, 2.24) is 10.2 Å². The molecule has 0 aliphatic rings. The molecule has 3 aromatic carbocycles. The zero-order valence-corrected chi connectivity index (χ0v) is 22.3. The molecule has 0 aliphatic carbocycles. The highest BCUT2D eigenvalue weighted by Crippen LogP contribution is 2.25. The second-order valence-electron chi connectivity index (χ2n) is 8.88. The first kappa shape index (κ1) is 27.9. The minimum absolute atomic E-state index is 0.00270. The highest BCUT2D eigenvalue weighted by molar-refractivity contribution is 7.92. The normalized spacial score (nSPS) is 12.0. The Balaban J connectivity index is 2.01. The first-order valence-corrected chi connectivity index (χ1v) is 13.4. The van der Waals surface area contributed by atoms with E-state index in [4.69, 9.17) is 0 Å². The van der Waals surface area contributed by atoms with E-state index in [1.165, 1.54) is 29.2 Å². The molecule has 0 saturated heterocycles. The zero-order chi connectivity index (χ0) is 27.2. The van der Waals surface area contributed by atoms with E-state index < -0.39 is 34.3 Å². The third-order valence-electron chi connectivity index (χ3n) is 5.99. The van der Waals surface area contributed by atoms with E-state index >= 15 is 0 Å². The number of nitrogens with one attached hydrogen (secondary N) is 1. The Labute approximate surface area is 218 Å². The summed E-state index contributed by atoms with van der Waals surface area (Å²) in [7, 11) is -4.18. The van der Waals surface area contributed by atoms with Gasteiger partial charge in [0.15, 0.2) is 0 Å². The van der Waals surface area contributed by atoms with Crippen LogP contribution in [0.1, 0.15) is 30.5 Å². The van der Waals surface area contributed by atoms with Crippen LogP contribution in [0.25, 0.3) is 0 Å². The van der Waals surface area contributed by atoms with Crippen LogP contribution >= 0.6 is 0 Å². The number of carbonyl (C=O) groups is 2. The van der Waals surface area contributed by atoms with E-state index in [0.717, 1.165) is 33.1 Å².